The zero-order valence-electron chi connectivity index (χ0n) is 20.5. The number of aromatic amines is 1. The van der Waals surface area contributed by atoms with Gasteiger partial charge in [0.05, 0.1) is 25.5 Å². The van der Waals surface area contributed by atoms with Crippen LogP contribution in [0.2, 0.25) is 0 Å². The Bertz CT molecular complexity index is 1090. The molecule has 1 saturated carbocycles. The number of ketones is 1. The van der Waals surface area contributed by atoms with E-state index in [1.165, 1.54) is 18.4 Å². The van der Waals surface area contributed by atoms with Crippen LogP contribution in [0, 0.1) is 0 Å². The summed E-state index contributed by atoms with van der Waals surface area (Å²) in [7, 11) is 1.70. The van der Waals surface area contributed by atoms with Crippen LogP contribution in [-0.4, -0.2) is 61.1 Å². The standard InChI is InChI=1S/C29H35N3O3/c1-34-28-14-13-23(19-29(28)35-25-10-5-6-11-25)31-16-17-32(21-27(33)26-12-7-15-30-26)24(20-31)18-22-8-3-2-4-9-22/h2-4,7-9,12-15,19,24-25,30H,5-6,10-11,16-18,20-21H2,1H3/t24-/m0/s1. The first-order chi connectivity index (χ1) is 17.2. The molecule has 1 aromatic heterocycles. The van der Waals surface area contributed by atoms with E-state index in [0.29, 0.717) is 12.2 Å². The molecule has 184 valence electrons. The maximum Gasteiger partial charge on any atom is 0.192 e. The average Bonchev–Trinajstić information content (AvgIpc) is 3.61. The third-order valence-corrected chi connectivity index (χ3v) is 7.27. The van der Waals surface area contributed by atoms with E-state index in [2.05, 4.69) is 51.2 Å². The molecule has 6 nitrogen and oxygen atoms in total. The van der Waals surface area contributed by atoms with Crippen molar-refractivity contribution in [2.24, 2.45) is 0 Å². The summed E-state index contributed by atoms with van der Waals surface area (Å²) in [5.41, 5.74) is 3.11. The molecule has 2 aromatic carbocycles. The monoisotopic (exact) mass is 473 g/mol. The molecular weight excluding hydrogens is 438 g/mol. The molecule has 6 heteroatoms. The highest BCUT2D eigenvalue weighted by Crippen LogP contribution is 2.35. The Balaban J connectivity index is 1.34. The summed E-state index contributed by atoms with van der Waals surface area (Å²) in [6.45, 7) is 2.96. The molecule has 5 rings (SSSR count). The van der Waals surface area contributed by atoms with Crippen molar-refractivity contribution >= 4 is 11.5 Å². The quantitative estimate of drug-likeness (QED) is 0.445. The number of nitrogens with zero attached hydrogens (tertiary/aromatic N) is 2. The number of aromatic nitrogens is 1. The lowest BCUT2D eigenvalue weighted by molar-refractivity contribution is 0.0871. The van der Waals surface area contributed by atoms with Gasteiger partial charge in [0.25, 0.3) is 0 Å². The molecule has 0 unspecified atom stereocenters. The van der Waals surface area contributed by atoms with Gasteiger partial charge >= 0.3 is 0 Å². The number of H-pyrrole nitrogens is 1. The number of benzene rings is 2. The van der Waals surface area contributed by atoms with Gasteiger partial charge in [-0.3, -0.25) is 9.69 Å². The lowest BCUT2D eigenvalue weighted by Crippen LogP contribution is -2.55. The van der Waals surface area contributed by atoms with E-state index in [1.807, 2.05) is 30.5 Å². The van der Waals surface area contributed by atoms with Crippen molar-refractivity contribution in [2.45, 2.75) is 44.2 Å². The second kappa shape index (κ2) is 11.0. The Morgan fingerprint density at radius 1 is 1.00 bits per heavy atom. The Morgan fingerprint density at radius 3 is 2.57 bits per heavy atom. The van der Waals surface area contributed by atoms with E-state index in [9.17, 15) is 4.79 Å². The summed E-state index contributed by atoms with van der Waals surface area (Å²) >= 11 is 0. The van der Waals surface area contributed by atoms with Gasteiger partial charge in [0, 0.05) is 43.6 Å². The van der Waals surface area contributed by atoms with Gasteiger partial charge in [0.1, 0.15) is 0 Å². The van der Waals surface area contributed by atoms with E-state index in [-0.39, 0.29) is 17.9 Å². The fourth-order valence-electron chi connectivity index (χ4n) is 5.33. The molecule has 1 aliphatic carbocycles. The number of carbonyl (C=O) groups excluding carboxylic acids is 1. The van der Waals surface area contributed by atoms with Gasteiger partial charge in [-0.2, -0.15) is 0 Å². The molecule has 1 aliphatic heterocycles. The van der Waals surface area contributed by atoms with Crippen LogP contribution in [0.3, 0.4) is 0 Å². The summed E-state index contributed by atoms with van der Waals surface area (Å²) in [6.07, 6.45) is 7.67. The Hall–Kier alpha value is -3.25. The topological polar surface area (TPSA) is 57.8 Å². The molecule has 2 heterocycles. The first-order valence-electron chi connectivity index (χ1n) is 12.7. The van der Waals surface area contributed by atoms with Crippen molar-refractivity contribution in [2.75, 3.05) is 38.2 Å². The minimum absolute atomic E-state index is 0.137. The zero-order chi connectivity index (χ0) is 24.0. The van der Waals surface area contributed by atoms with Crippen LogP contribution in [0.25, 0.3) is 0 Å². The second-order valence-electron chi connectivity index (χ2n) is 9.63. The number of hydrogen-bond donors (Lipinski definition) is 1. The number of Topliss-reactive ketones (excluding diaryl/α,β-unsaturated/α-hetero) is 1. The Morgan fingerprint density at radius 2 is 1.83 bits per heavy atom. The number of nitrogens with one attached hydrogen (secondary N) is 1. The predicted octanol–water partition coefficient (Wildman–Crippen LogP) is 4.96. The van der Waals surface area contributed by atoms with Gasteiger partial charge in [-0.15, -0.1) is 0 Å². The van der Waals surface area contributed by atoms with Crippen molar-refractivity contribution in [1.82, 2.24) is 9.88 Å². The first-order valence-corrected chi connectivity index (χ1v) is 12.7. The number of methoxy groups -OCH3 is 1. The number of rotatable bonds is 9. The molecule has 0 spiro atoms. The van der Waals surface area contributed by atoms with Gasteiger partial charge < -0.3 is 19.4 Å². The minimum Gasteiger partial charge on any atom is -0.493 e. The normalized spacial score (nSPS) is 19.1. The molecule has 0 bridgehead atoms. The van der Waals surface area contributed by atoms with Gasteiger partial charge in [0.2, 0.25) is 0 Å². The Labute approximate surface area is 207 Å². The fourth-order valence-corrected chi connectivity index (χ4v) is 5.33. The highest BCUT2D eigenvalue weighted by Gasteiger charge is 2.30. The maximum atomic E-state index is 12.9. The lowest BCUT2D eigenvalue weighted by atomic mass is 10.0. The molecule has 3 aromatic rings. The van der Waals surface area contributed by atoms with Gasteiger partial charge in [0.15, 0.2) is 17.3 Å². The SMILES string of the molecule is COc1ccc(N2CCN(CC(=O)c3ccc[nH]3)[C@@H](Cc3ccccc3)C2)cc1OC1CCCC1. The number of piperazine rings is 1. The molecule has 2 fully saturated rings. The summed E-state index contributed by atoms with van der Waals surface area (Å²) in [4.78, 5) is 20.7. The van der Waals surface area contributed by atoms with Crippen LogP contribution in [0.1, 0.15) is 41.7 Å². The van der Waals surface area contributed by atoms with Crippen molar-refractivity contribution < 1.29 is 14.3 Å². The van der Waals surface area contributed by atoms with Crippen LogP contribution in [0.5, 0.6) is 11.5 Å². The maximum absolute atomic E-state index is 12.9. The predicted molar refractivity (Wildman–Crippen MR) is 139 cm³/mol. The highest BCUT2D eigenvalue weighted by atomic mass is 16.5. The van der Waals surface area contributed by atoms with Gasteiger partial charge in [-0.25, -0.2) is 0 Å². The third-order valence-electron chi connectivity index (χ3n) is 7.27. The fraction of sp³-hybridized carbons (Fsp3) is 0.414. The van der Waals surface area contributed by atoms with Crippen molar-refractivity contribution in [3.05, 3.63) is 78.1 Å². The smallest absolute Gasteiger partial charge is 0.192 e. The second-order valence-corrected chi connectivity index (χ2v) is 9.63. The number of anilines is 1. The lowest BCUT2D eigenvalue weighted by Gasteiger charge is -2.42. The van der Waals surface area contributed by atoms with Crippen molar-refractivity contribution in [1.29, 1.82) is 0 Å². The minimum atomic E-state index is 0.137. The summed E-state index contributed by atoms with van der Waals surface area (Å²) in [6, 6.07) is 20.8. The van der Waals surface area contributed by atoms with E-state index in [4.69, 9.17) is 9.47 Å². The summed E-state index contributed by atoms with van der Waals surface area (Å²) < 4.78 is 12.0. The van der Waals surface area contributed by atoms with E-state index in [0.717, 1.165) is 56.1 Å². The third kappa shape index (κ3) is 5.70. The van der Waals surface area contributed by atoms with E-state index >= 15 is 0 Å². The molecule has 0 amide bonds. The summed E-state index contributed by atoms with van der Waals surface area (Å²) in [5, 5.41) is 0. The Kier molecular flexibility index (Phi) is 7.38. The van der Waals surface area contributed by atoms with Crippen LogP contribution in [0.4, 0.5) is 5.69 Å². The molecule has 1 atom stereocenters. The van der Waals surface area contributed by atoms with Crippen LogP contribution >= 0.6 is 0 Å². The highest BCUT2D eigenvalue weighted by molar-refractivity contribution is 5.95. The molecule has 1 N–H and O–H groups in total. The first kappa shape index (κ1) is 23.5. The van der Waals surface area contributed by atoms with E-state index < -0.39 is 0 Å². The van der Waals surface area contributed by atoms with Gasteiger partial charge in [-0.05, 0) is 61.9 Å². The van der Waals surface area contributed by atoms with Crippen LogP contribution in [-0.2, 0) is 6.42 Å². The molecule has 0 radical (unpaired) electrons. The summed E-state index contributed by atoms with van der Waals surface area (Å²) in [5.74, 6) is 1.76. The van der Waals surface area contributed by atoms with Crippen LogP contribution in [0.15, 0.2) is 66.9 Å². The molecule has 35 heavy (non-hydrogen) atoms. The van der Waals surface area contributed by atoms with Crippen LogP contribution < -0.4 is 14.4 Å². The number of hydrogen-bond acceptors (Lipinski definition) is 5. The van der Waals surface area contributed by atoms with E-state index in [1.54, 1.807) is 7.11 Å². The number of ether oxygens (including phenoxy) is 2. The zero-order valence-corrected chi connectivity index (χ0v) is 20.5. The molecule has 2 aliphatic rings. The van der Waals surface area contributed by atoms with Crippen molar-refractivity contribution in [3.63, 3.8) is 0 Å². The number of carbonyl (C=O) groups is 1. The average molecular weight is 474 g/mol. The largest absolute Gasteiger partial charge is 0.493 e. The van der Waals surface area contributed by atoms with Crippen molar-refractivity contribution in [3.8, 4) is 11.5 Å². The molecule has 1 saturated heterocycles. The molecular formula is C29H35N3O3. The van der Waals surface area contributed by atoms with Gasteiger partial charge in [-0.1, -0.05) is 30.3 Å².